The lowest BCUT2D eigenvalue weighted by molar-refractivity contribution is -0.149. The van der Waals surface area contributed by atoms with Crippen molar-refractivity contribution < 1.29 is 14.3 Å². The second kappa shape index (κ2) is 6.03. The van der Waals surface area contributed by atoms with Gasteiger partial charge in [-0.1, -0.05) is 12.2 Å². The summed E-state index contributed by atoms with van der Waals surface area (Å²) in [4.78, 5) is 25.1. The summed E-state index contributed by atoms with van der Waals surface area (Å²) in [6, 6.07) is 0. The molecule has 1 fully saturated rings. The van der Waals surface area contributed by atoms with E-state index in [4.69, 9.17) is 4.74 Å². The van der Waals surface area contributed by atoms with Crippen LogP contribution in [0.4, 0.5) is 0 Å². The maximum atomic E-state index is 11.9. The lowest BCUT2D eigenvalue weighted by atomic mass is 9.95. The van der Waals surface area contributed by atoms with Crippen molar-refractivity contribution in [1.29, 1.82) is 0 Å². The smallest absolute Gasteiger partial charge is 0.311 e. The molecule has 1 amide bonds. The maximum Gasteiger partial charge on any atom is 0.311 e. The number of carbonyl (C=O) groups is 2. The van der Waals surface area contributed by atoms with Gasteiger partial charge < -0.3 is 9.64 Å². The third kappa shape index (κ3) is 3.12. The third-order valence-electron chi connectivity index (χ3n) is 3.77. The maximum absolute atomic E-state index is 11.9. The fourth-order valence-corrected chi connectivity index (χ4v) is 2.56. The molecule has 0 aromatic carbocycles. The molecule has 2 rings (SSSR count). The van der Waals surface area contributed by atoms with Gasteiger partial charge in [0.05, 0.1) is 12.5 Å². The third-order valence-corrected chi connectivity index (χ3v) is 3.77. The van der Waals surface area contributed by atoms with E-state index in [-0.39, 0.29) is 17.8 Å². The SMILES string of the molecule is CCN1C[C@@H](C(=O)OC[C@H]2CC=CCC2)CC1=O. The summed E-state index contributed by atoms with van der Waals surface area (Å²) in [6.07, 6.45) is 7.81. The van der Waals surface area contributed by atoms with E-state index in [0.717, 1.165) is 19.3 Å². The second-order valence-electron chi connectivity index (χ2n) is 5.11. The normalized spacial score (nSPS) is 27.6. The van der Waals surface area contributed by atoms with Crippen molar-refractivity contribution in [2.75, 3.05) is 19.7 Å². The van der Waals surface area contributed by atoms with E-state index < -0.39 is 0 Å². The highest BCUT2D eigenvalue weighted by Crippen LogP contribution is 2.21. The van der Waals surface area contributed by atoms with Crippen LogP contribution in [-0.2, 0) is 14.3 Å². The van der Waals surface area contributed by atoms with Gasteiger partial charge in [0.1, 0.15) is 0 Å². The molecule has 0 N–H and O–H groups in total. The minimum atomic E-state index is -0.253. The standard InChI is InChI=1S/C14H21NO3/c1-2-15-9-12(8-13(15)16)14(17)18-10-11-6-4-3-5-7-11/h3-4,11-12H,2,5-10H2,1H3/t11-,12-/m0/s1. The number of likely N-dealkylation sites (tertiary alicyclic amines) is 1. The van der Waals surface area contributed by atoms with E-state index >= 15 is 0 Å². The Morgan fingerprint density at radius 3 is 2.94 bits per heavy atom. The van der Waals surface area contributed by atoms with Crippen LogP contribution in [0, 0.1) is 11.8 Å². The van der Waals surface area contributed by atoms with Crippen molar-refractivity contribution in [3.63, 3.8) is 0 Å². The van der Waals surface area contributed by atoms with Crippen molar-refractivity contribution in [3.05, 3.63) is 12.2 Å². The Bertz CT molecular complexity index is 351. The molecule has 2 atom stereocenters. The molecule has 0 aromatic rings. The summed E-state index contributed by atoms with van der Waals surface area (Å²) in [7, 11) is 0. The molecule has 18 heavy (non-hydrogen) atoms. The van der Waals surface area contributed by atoms with Crippen LogP contribution >= 0.6 is 0 Å². The van der Waals surface area contributed by atoms with Gasteiger partial charge in [-0.3, -0.25) is 9.59 Å². The topological polar surface area (TPSA) is 46.6 Å². The molecular formula is C14H21NO3. The Balaban J connectivity index is 1.75. The molecule has 1 aliphatic carbocycles. The molecule has 100 valence electrons. The molecule has 0 bridgehead atoms. The fraction of sp³-hybridized carbons (Fsp3) is 0.714. The van der Waals surface area contributed by atoms with E-state index in [0.29, 0.717) is 32.0 Å². The molecule has 4 heteroatoms. The zero-order valence-corrected chi connectivity index (χ0v) is 10.9. The van der Waals surface area contributed by atoms with E-state index in [1.807, 2.05) is 6.92 Å². The Morgan fingerprint density at radius 1 is 1.50 bits per heavy atom. The van der Waals surface area contributed by atoms with Crippen molar-refractivity contribution in [2.45, 2.75) is 32.6 Å². The van der Waals surface area contributed by atoms with Crippen LogP contribution in [0.15, 0.2) is 12.2 Å². The van der Waals surface area contributed by atoms with E-state index in [2.05, 4.69) is 12.2 Å². The molecule has 0 spiro atoms. The highest BCUT2D eigenvalue weighted by atomic mass is 16.5. The van der Waals surface area contributed by atoms with Crippen LogP contribution in [0.25, 0.3) is 0 Å². The molecule has 0 unspecified atom stereocenters. The van der Waals surface area contributed by atoms with Gasteiger partial charge in [-0.05, 0) is 32.1 Å². The minimum Gasteiger partial charge on any atom is -0.465 e. The van der Waals surface area contributed by atoms with Crippen molar-refractivity contribution in [1.82, 2.24) is 4.90 Å². The minimum absolute atomic E-state index is 0.0695. The summed E-state index contributed by atoms with van der Waals surface area (Å²) < 4.78 is 5.35. The van der Waals surface area contributed by atoms with Gasteiger partial charge in [0, 0.05) is 19.5 Å². The number of carbonyl (C=O) groups excluding carboxylic acids is 2. The van der Waals surface area contributed by atoms with Crippen molar-refractivity contribution >= 4 is 11.9 Å². The van der Waals surface area contributed by atoms with E-state index in [1.165, 1.54) is 0 Å². The summed E-state index contributed by atoms with van der Waals surface area (Å²) >= 11 is 0. The summed E-state index contributed by atoms with van der Waals surface area (Å²) in [5.41, 5.74) is 0. The number of nitrogens with zero attached hydrogens (tertiary/aromatic N) is 1. The lowest BCUT2D eigenvalue weighted by Crippen LogP contribution is -2.27. The molecule has 0 radical (unpaired) electrons. The number of amides is 1. The molecule has 4 nitrogen and oxygen atoms in total. The number of rotatable bonds is 4. The van der Waals surface area contributed by atoms with E-state index in [9.17, 15) is 9.59 Å². The summed E-state index contributed by atoms with van der Waals surface area (Å²) in [5, 5.41) is 0. The number of esters is 1. The van der Waals surface area contributed by atoms with Gasteiger partial charge in [0.25, 0.3) is 0 Å². The molecule has 2 aliphatic rings. The van der Waals surface area contributed by atoms with E-state index in [1.54, 1.807) is 4.90 Å². The Hall–Kier alpha value is -1.32. The fourth-order valence-electron chi connectivity index (χ4n) is 2.56. The summed E-state index contributed by atoms with van der Waals surface area (Å²) in [6.45, 7) is 3.63. The molecule has 1 saturated heterocycles. The van der Waals surface area contributed by atoms with Gasteiger partial charge in [0.2, 0.25) is 5.91 Å². The average molecular weight is 251 g/mol. The molecular weight excluding hydrogens is 230 g/mol. The number of allylic oxidation sites excluding steroid dienone is 2. The monoisotopic (exact) mass is 251 g/mol. The van der Waals surface area contributed by atoms with Gasteiger partial charge >= 0.3 is 5.97 Å². The van der Waals surface area contributed by atoms with Crippen molar-refractivity contribution in [2.24, 2.45) is 11.8 Å². The quantitative estimate of drug-likeness (QED) is 0.565. The van der Waals surface area contributed by atoms with Crippen LogP contribution in [0.2, 0.25) is 0 Å². The predicted molar refractivity (Wildman–Crippen MR) is 67.8 cm³/mol. The average Bonchev–Trinajstić information content (AvgIpc) is 2.78. The zero-order chi connectivity index (χ0) is 13.0. The highest BCUT2D eigenvalue weighted by Gasteiger charge is 2.34. The Morgan fingerprint density at radius 2 is 2.33 bits per heavy atom. The lowest BCUT2D eigenvalue weighted by Gasteiger charge is -2.18. The van der Waals surface area contributed by atoms with Crippen molar-refractivity contribution in [3.8, 4) is 0 Å². The van der Waals surface area contributed by atoms with Crippen LogP contribution in [0.1, 0.15) is 32.6 Å². The van der Waals surface area contributed by atoms with Crippen LogP contribution in [0.5, 0.6) is 0 Å². The Labute approximate surface area is 108 Å². The number of hydrogen-bond acceptors (Lipinski definition) is 3. The summed E-state index contributed by atoms with van der Waals surface area (Å²) in [5.74, 6) is 0.0730. The van der Waals surface area contributed by atoms with Gasteiger partial charge in [-0.15, -0.1) is 0 Å². The first-order valence-electron chi connectivity index (χ1n) is 6.80. The molecule has 1 aliphatic heterocycles. The molecule has 0 aromatic heterocycles. The predicted octanol–water partition coefficient (Wildman–Crippen LogP) is 1.75. The van der Waals surface area contributed by atoms with Crippen LogP contribution in [-0.4, -0.2) is 36.5 Å². The number of hydrogen-bond donors (Lipinski definition) is 0. The Kier molecular flexibility index (Phi) is 4.39. The number of ether oxygens (including phenoxy) is 1. The molecule has 1 heterocycles. The van der Waals surface area contributed by atoms with Gasteiger partial charge in [0.15, 0.2) is 0 Å². The first-order chi connectivity index (χ1) is 8.70. The van der Waals surface area contributed by atoms with Gasteiger partial charge in [-0.25, -0.2) is 0 Å². The largest absolute Gasteiger partial charge is 0.465 e. The highest BCUT2D eigenvalue weighted by molar-refractivity contribution is 5.86. The first kappa shape index (κ1) is 13.1. The second-order valence-corrected chi connectivity index (χ2v) is 5.11. The first-order valence-corrected chi connectivity index (χ1v) is 6.80. The van der Waals surface area contributed by atoms with Gasteiger partial charge in [-0.2, -0.15) is 0 Å². The van der Waals surface area contributed by atoms with Crippen LogP contribution in [0.3, 0.4) is 0 Å². The van der Waals surface area contributed by atoms with Crippen LogP contribution < -0.4 is 0 Å². The zero-order valence-electron chi connectivity index (χ0n) is 10.9. The molecule has 0 saturated carbocycles.